The van der Waals surface area contributed by atoms with Crippen molar-refractivity contribution < 1.29 is 26.3 Å². The van der Waals surface area contributed by atoms with Crippen LogP contribution in [0, 0.1) is 0 Å². The van der Waals surface area contributed by atoms with Crippen molar-refractivity contribution in [2.45, 2.75) is 12.4 Å². The van der Waals surface area contributed by atoms with Gasteiger partial charge in [0, 0.05) is 11.1 Å². The van der Waals surface area contributed by atoms with E-state index in [-0.39, 0.29) is 10.7 Å². The van der Waals surface area contributed by atoms with E-state index in [0.29, 0.717) is 16.8 Å². The Kier molecular flexibility index (Phi) is 4.90. The number of hydrogen-bond acceptors (Lipinski definition) is 1. The number of halogens is 7. The van der Waals surface area contributed by atoms with Gasteiger partial charge in [-0.15, -0.1) is 0 Å². The van der Waals surface area contributed by atoms with Crippen LogP contribution in [0.1, 0.15) is 11.1 Å². The van der Waals surface area contributed by atoms with E-state index in [0.717, 1.165) is 24.3 Å². The van der Waals surface area contributed by atoms with Crippen LogP contribution in [0.15, 0.2) is 60.7 Å². The topological polar surface area (TPSA) is 12.9 Å². The van der Waals surface area contributed by atoms with Gasteiger partial charge in [-0.25, -0.2) is 4.98 Å². The largest absolute Gasteiger partial charge is 0.416 e. The molecule has 0 radical (unpaired) electrons. The van der Waals surface area contributed by atoms with Crippen molar-refractivity contribution in [2.75, 3.05) is 0 Å². The first-order chi connectivity index (χ1) is 12.6. The number of nitrogens with zero attached hydrogens (tertiary/aromatic N) is 1. The zero-order valence-electron chi connectivity index (χ0n) is 13.4. The Bertz CT molecular complexity index is 944. The second-order valence-corrected chi connectivity index (χ2v) is 6.08. The van der Waals surface area contributed by atoms with Crippen LogP contribution in [0.4, 0.5) is 26.3 Å². The molecule has 0 aliphatic rings. The van der Waals surface area contributed by atoms with Gasteiger partial charge in [0.05, 0.1) is 27.5 Å². The smallest absolute Gasteiger partial charge is 0.246 e. The monoisotopic (exact) mass is 401 g/mol. The summed E-state index contributed by atoms with van der Waals surface area (Å²) in [6.07, 6.45) is -8.91. The highest BCUT2D eigenvalue weighted by Gasteiger charge is 2.31. The molecule has 2 aromatic carbocycles. The molecule has 0 N–H and O–H groups in total. The molecule has 0 atom stereocenters. The summed E-state index contributed by atoms with van der Waals surface area (Å²) < 4.78 is 76.0. The van der Waals surface area contributed by atoms with Gasteiger partial charge < -0.3 is 0 Å². The molecule has 0 saturated carbocycles. The van der Waals surface area contributed by atoms with E-state index in [2.05, 4.69) is 4.98 Å². The molecular formula is C19H10ClF6N. The summed E-state index contributed by atoms with van der Waals surface area (Å²) in [5, 5.41) is 0.213. The molecule has 1 heterocycles. The Balaban J connectivity index is 1.97. The Hall–Kier alpha value is -2.54. The lowest BCUT2D eigenvalue weighted by molar-refractivity contribution is -0.138. The van der Waals surface area contributed by atoms with Crippen LogP contribution < -0.4 is 0 Å². The Morgan fingerprint density at radius 2 is 1.04 bits per heavy atom. The second-order valence-electron chi connectivity index (χ2n) is 5.68. The highest BCUT2D eigenvalue weighted by molar-refractivity contribution is 6.33. The fraction of sp³-hybridized carbons (Fsp3) is 0.105. The summed E-state index contributed by atoms with van der Waals surface area (Å²) >= 11 is 6.10. The fourth-order valence-corrected chi connectivity index (χ4v) is 2.67. The van der Waals surface area contributed by atoms with Crippen molar-refractivity contribution in [1.29, 1.82) is 0 Å². The number of rotatable bonds is 2. The van der Waals surface area contributed by atoms with Crippen molar-refractivity contribution in [3.05, 3.63) is 76.8 Å². The van der Waals surface area contributed by atoms with E-state index in [1.807, 2.05) is 0 Å². The molecule has 140 valence electrons. The minimum absolute atomic E-state index is 0.213. The number of hydrogen-bond donors (Lipinski definition) is 0. The fourth-order valence-electron chi connectivity index (χ4n) is 2.45. The summed E-state index contributed by atoms with van der Waals surface area (Å²) in [4.78, 5) is 4.30. The Morgan fingerprint density at radius 1 is 0.593 bits per heavy atom. The van der Waals surface area contributed by atoms with Gasteiger partial charge >= 0.3 is 12.4 Å². The molecule has 3 rings (SSSR count). The standard InChI is InChI=1S/C19H10ClF6N/c20-15-9-10-16(11-1-5-13(6-2-11)18(21,22)23)27-17(15)12-3-7-14(8-4-12)19(24,25)26/h1-10H. The Morgan fingerprint density at radius 3 is 1.48 bits per heavy atom. The molecule has 8 heteroatoms. The molecule has 0 amide bonds. The summed E-state index contributed by atoms with van der Waals surface area (Å²) in [6, 6.07) is 11.8. The van der Waals surface area contributed by atoms with Crippen LogP contribution in [-0.4, -0.2) is 4.98 Å². The van der Waals surface area contributed by atoms with Crippen molar-refractivity contribution >= 4 is 11.6 Å². The average Bonchev–Trinajstić information content (AvgIpc) is 2.61. The molecule has 0 unspecified atom stereocenters. The molecule has 0 aliphatic carbocycles. The summed E-state index contributed by atoms with van der Waals surface area (Å²) in [7, 11) is 0. The lowest BCUT2D eigenvalue weighted by Gasteiger charge is -2.11. The first kappa shape index (κ1) is 19.2. The van der Waals surface area contributed by atoms with Crippen LogP contribution in [-0.2, 0) is 12.4 Å². The van der Waals surface area contributed by atoms with E-state index in [1.165, 1.54) is 36.4 Å². The molecule has 1 aromatic heterocycles. The van der Waals surface area contributed by atoms with Crippen LogP contribution >= 0.6 is 11.6 Å². The first-order valence-corrected chi connectivity index (χ1v) is 7.95. The molecule has 1 nitrogen and oxygen atoms in total. The van der Waals surface area contributed by atoms with E-state index in [1.54, 1.807) is 0 Å². The average molecular weight is 402 g/mol. The van der Waals surface area contributed by atoms with Crippen molar-refractivity contribution in [3.8, 4) is 22.5 Å². The summed E-state index contributed by atoms with van der Waals surface area (Å²) in [6.45, 7) is 0. The van der Waals surface area contributed by atoms with Gasteiger partial charge in [0.1, 0.15) is 0 Å². The molecule has 27 heavy (non-hydrogen) atoms. The highest BCUT2D eigenvalue weighted by Crippen LogP contribution is 2.34. The lowest BCUT2D eigenvalue weighted by Crippen LogP contribution is -2.04. The predicted octanol–water partition coefficient (Wildman–Crippen LogP) is 7.11. The quantitative estimate of drug-likeness (QED) is 0.417. The van der Waals surface area contributed by atoms with Gasteiger partial charge in [0.25, 0.3) is 0 Å². The predicted molar refractivity (Wildman–Crippen MR) is 90.1 cm³/mol. The van der Waals surface area contributed by atoms with Crippen LogP contribution in [0.2, 0.25) is 5.02 Å². The minimum Gasteiger partial charge on any atom is -0.246 e. The first-order valence-electron chi connectivity index (χ1n) is 7.57. The van der Waals surface area contributed by atoms with Crippen LogP contribution in [0.5, 0.6) is 0 Å². The maximum atomic E-state index is 12.7. The van der Waals surface area contributed by atoms with Gasteiger partial charge in [-0.3, -0.25) is 0 Å². The zero-order valence-corrected chi connectivity index (χ0v) is 14.1. The van der Waals surface area contributed by atoms with Crippen molar-refractivity contribution in [2.24, 2.45) is 0 Å². The van der Waals surface area contributed by atoms with Gasteiger partial charge in [0.15, 0.2) is 0 Å². The molecular weight excluding hydrogens is 392 g/mol. The number of alkyl halides is 6. The maximum absolute atomic E-state index is 12.7. The highest BCUT2D eigenvalue weighted by atomic mass is 35.5. The molecule has 0 aliphatic heterocycles. The molecule has 0 spiro atoms. The van der Waals surface area contributed by atoms with Crippen LogP contribution in [0.3, 0.4) is 0 Å². The lowest BCUT2D eigenvalue weighted by atomic mass is 10.1. The zero-order chi connectivity index (χ0) is 19.8. The number of benzene rings is 2. The van der Waals surface area contributed by atoms with E-state index in [4.69, 9.17) is 11.6 Å². The normalized spacial score (nSPS) is 12.3. The third-order valence-electron chi connectivity index (χ3n) is 3.84. The van der Waals surface area contributed by atoms with E-state index in [9.17, 15) is 26.3 Å². The molecule has 3 aromatic rings. The second kappa shape index (κ2) is 6.88. The van der Waals surface area contributed by atoms with Crippen molar-refractivity contribution in [3.63, 3.8) is 0 Å². The van der Waals surface area contributed by atoms with Gasteiger partial charge in [0.2, 0.25) is 0 Å². The Labute approximate surface area is 155 Å². The third kappa shape index (κ3) is 4.24. The van der Waals surface area contributed by atoms with E-state index < -0.39 is 23.5 Å². The SMILES string of the molecule is FC(F)(F)c1ccc(-c2ccc(Cl)c(-c3ccc(C(F)(F)F)cc3)n2)cc1. The van der Waals surface area contributed by atoms with Gasteiger partial charge in [-0.1, -0.05) is 35.9 Å². The van der Waals surface area contributed by atoms with Crippen LogP contribution in [0.25, 0.3) is 22.5 Å². The molecule has 0 bridgehead atoms. The van der Waals surface area contributed by atoms with Gasteiger partial charge in [-0.2, -0.15) is 26.3 Å². The number of pyridine rings is 1. The molecule has 0 fully saturated rings. The van der Waals surface area contributed by atoms with Crippen molar-refractivity contribution in [1.82, 2.24) is 4.98 Å². The maximum Gasteiger partial charge on any atom is 0.416 e. The minimum atomic E-state index is -4.46. The summed E-state index contributed by atoms with van der Waals surface area (Å²) in [5.41, 5.74) is -0.218. The third-order valence-corrected chi connectivity index (χ3v) is 4.14. The molecule has 0 saturated heterocycles. The van der Waals surface area contributed by atoms with Gasteiger partial charge in [-0.05, 0) is 36.4 Å². The summed E-state index contributed by atoms with van der Waals surface area (Å²) in [5.74, 6) is 0. The van der Waals surface area contributed by atoms with E-state index >= 15 is 0 Å². The number of aromatic nitrogens is 1.